The fourth-order valence-corrected chi connectivity index (χ4v) is 3.23. The van der Waals surface area contributed by atoms with Gasteiger partial charge in [0.05, 0.1) is 12.0 Å². The lowest BCUT2D eigenvalue weighted by Gasteiger charge is -2.11. The van der Waals surface area contributed by atoms with Gasteiger partial charge in [0.2, 0.25) is 5.91 Å². The van der Waals surface area contributed by atoms with Crippen LogP contribution in [0.2, 0.25) is 0 Å². The molecular formula is C19H20FN5O3S. The molecule has 2 amide bonds. The summed E-state index contributed by atoms with van der Waals surface area (Å²) in [5.41, 5.74) is 4.86. The number of rotatable bonds is 7. The zero-order valence-electron chi connectivity index (χ0n) is 15.9. The molecule has 1 aromatic carbocycles. The molecule has 2 aromatic heterocycles. The molecule has 0 spiro atoms. The van der Waals surface area contributed by atoms with Gasteiger partial charge in [-0.3, -0.25) is 25.0 Å². The fraction of sp³-hybridized carbons (Fsp3) is 0.263. The summed E-state index contributed by atoms with van der Waals surface area (Å²) in [6, 6.07) is 8.57. The number of amides is 2. The predicted molar refractivity (Wildman–Crippen MR) is 105 cm³/mol. The molecule has 10 heteroatoms. The van der Waals surface area contributed by atoms with E-state index in [0.717, 1.165) is 0 Å². The quantitative estimate of drug-likeness (QED) is 0.453. The van der Waals surface area contributed by atoms with Gasteiger partial charge in [-0.15, -0.1) is 10.2 Å². The Hall–Kier alpha value is -3.14. The van der Waals surface area contributed by atoms with E-state index in [1.54, 1.807) is 18.4 Å². The van der Waals surface area contributed by atoms with Gasteiger partial charge in [-0.2, -0.15) is 0 Å². The lowest BCUT2D eigenvalue weighted by molar-refractivity contribution is -0.119. The van der Waals surface area contributed by atoms with Crippen LogP contribution in [0.5, 0.6) is 0 Å². The molecule has 2 N–H and O–H groups in total. The molecule has 0 aliphatic carbocycles. The molecule has 0 atom stereocenters. The molecule has 0 radical (unpaired) electrons. The number of hydrogen-bond donors (Lipinski definition) is 2. The molecule has 29 heavy (non-hydrogen) atoms. The number of hydrazine groups is 1. The SMILES string of the molecule is CC(C)Cn1c(SCC(=O)NNC(=O)c2ccc(F)cc2)nnc1-c1ccco1. The van der Waals surface area contributed by atoms with Crippen LogP contribution in [0.3, 0.4) is 0 Å². The lowest BCUT2D eigenvalue weighted by Crippen LogP contribution is -2.42. The van der Waals surface area contributed by atoms with Crippen molar-refractivity contribution in [1.29, 1.82) is 0 Å². The number of carbonyl (C=O) groups is 2. The highest BCUT2D eigenvalue weighted by atomic mass is 32.2. The molecule has 2 heterocycles. The van der Waals surface area contributed by atoms with Crippen LogP contribution < -0.4 is 10.9 Å². The van der Waals surface area contributed by atoms with Crippen LogP contribution >= 0.6 is 11.8 Å². The smallest absolute Gasteiger partial charge is 0.269 e. The Kier molecular flexibility index (Phi) is 6.65. The molecule has 8 nitrogen and oxygen atoms in total. The first-order chi connectivity index (χ1) is 13.9. The molecule has 0 fully saturated rings. The molecule has 3 aromatic rings. The standard InChI is InChI=1S/C19H20FN5O3S/c1-12(2)10-25-17(15-4-3-9-28-15)22-24-19(25)29-11-16(26)21-23-18(27)13-5-7-14(20)8-6-13/h3-9,12H,10-11H2,1-2H3,(H,21,26)(H,23,27). The zero-order chi connectivity index (χ0) is 20.8. The van der Waals surface area contributed by atoms with Crippen molar-refractivity contribution >= 4 is 23.6 Å². The first kappa shape index (κ1) is 20.6. The first-order valence-electron chi connectivity index (χ1n) is 8.88. The van der Waals surface area contributed by atoms with Crippen LogP contribution in [0.15, 0.2) is 52.2 Å². The van der Waals surface area contributed by atoms with E-state index in [-0.39, 0.29) is 11.3 Å². The van der Waals surface area contributed by atoms with E-state index in [0.29, 0.717) is 29.2 Å². The van der Waals surface area contributed by atoms with Crippen molar-refractivity contribution in [2.75, 3.05) is 5.75 Å². The van der Waals surface area contributed by atoms with Crippen molar-refractivity contribution in [2.24, 2.45) is 5.92 Å². The molecule has 0 aliphatic heterocycles. The maximum absolute atomic E-state index is 12.9. The maximum atomic E-state index is 12.9. The summed E-state index contributed by atoms with van der Waals surface area (Å²) in [6.07, 6.45) is 1.56. The highest BCUT2D eigenvalue weighted by Gasteiger charge is 2.18. The Morgan fingerprint density at radius 1 is 1.17 bits per heavy atom. The van der Waals surface area contributed by atoms with Gasteiger partial charge in [0.15, 0.2) is 16.7 Å². The van der Waals surface area contributed by atoms with E-state index in [9.17, 15) is 14.0 Å². The van der Waals surface area contributed by atoms with E-state index in [1.165, 1.54) is 36.0 Å². The number of thioether (sulfide) groups is 1. The molecule has 152 valence electrons. The third-order valence-electron chi connectivity index (χ3n) is 3.76. The first-order valence-corrected chi connectivity index (χ1v) is 9.87. The molecule has 0 saturated heterocycles. The normalized spacial score (nSPS) is 10.9. The van der Waals surface area contributed by atoms with Crippen molar-refractivity contribution in [1.82, 2.24) is 25.6 Å². The lowest BCUT2D eigenvalue weighted by atomic mass is 10.2. The molecule has 0 aliphatic rings. The van der Waals surface area contributed by atoms with Crippen LogP contribution in [0.4, 0.5) is 4.39 Å². The summed E-state index contributed by atoms with van der Waals surface area (Å²) < 4.78 is 20.2. The second kappa shape index (κ2) is 9.37. The molecule has 3 rings (SSSR count). The number of carbonyl (C=O) groups excluding carboxylic acids is 2. The van der Waals surface area contributed by atoms with E-state index in [4.69, 9.17) is 4.42 Å². The van der Waals surface area contributed by atoms with E-state index in [1.807, 2.05) is 4.57 Å². The van der Waals surface area contributed by atoms with Crippen LogP contribution in [0.1, 0.15) is 24.2 Å². The van der Waals surface area contributed by atoms with E-state index >= 15 is 0 Å². The maximum Gasteiger partial charge on any atom is 0.269 e. The van der Waals surface area contributed by atoms with E-state index < -0.39 is 17.6 Å². The van der Waals surface area contributed by atoms with Gasteiger partial charge in [-0.05, 0) is 42.3 Å². The average molecular weight is 417 g/mol. The minimum Gasteiger partial charge on any atom is -0.461 e. The van der Waals surface area contributed by atoms with Crippen molar-refractivity contribution in [3.8, 4) is 11.6 Å². The second-order valence-corrected chi connectivity index (χ2v) is 7.53. The Labute approximate surface area is 170 Å². The van der Waals surface area contributed by atoms with Crippen molar-refractivity contribution in [3.63, 3.8) is 0 Å². The number of furan rings is 1. The van der Waals surface area contributed by atoms with E-state index in [2.05, 4.69) is 34.9 Å². The average Bonchev–Trinajstić information content (AvgIpc) is 3.34. The van der Waals surface area contributed by atoms with Crippen molar-refractivity contribution < 1.29 is 18.4 Å². The van der Waals surface area contributed by atoms with Gasteiger partial charge in [0.1, 0.15) is 5.82 Å². The summed E-state index contributed by atoms with van der Waals surface area (Å²) in [7, 11) is 0. The minimum atomic E-state index is -0.536. The van der Waals surface area contributed by atoms with Gasteiger partial charge in [0.25, 0.3) is 5.91 Å². The summed E-state index contributed by atoms with van der Waals surface area (Å²) in [5.74, 6) is 0.162. The number of benzene rings is 1. The number of hydrogen-bond acceptors (Lipinski definition) is 6. The summed E-state index contributed by atoms with van der Waals surface area (Å²) >= 11 is 1.20. The van der Waals surface area contributed by atoms with Crippen LogP contribution in [-0.2, 0) is 11.3 Å². The van der Waals surface area contributed by atoms with Gasteiger partial charge in [-0.1, -0.05) is 25.6 Å². The summed E-state index contributed by atoms with van der Waals surface area (Å²) in [5, 5.41) is 8.91. The Balaban J connectivity index is 1.58. The molecule has 0 unspecified atom stereocenters. The number of nitrogens with one attached hydrogen (secondary N) is 2. The van der Waals surface area contributed by atoms with Crippen LogP contribution in [-0.4, -0.2) is 32.3 Å². The highest BCUT2D eigenvalue weighted by Crippen LogP contribution is 2.25. The predicted octanol–water partition coefficient (Wildman–Crippen LogP) is 2.89. The second-order valence-electron chi connectivity index (χ2n) is 6.59. The third kappa shape index (κ3) is 5.44. The monoisotopic (exact) mass is 417 g/mol. The van der Waals surface area contributed by atoms with Gasteiger partial charge in [-0.25, -0.2) is 4.39 Å². The summed E-state index contributed by atoms with van der Waals surface area (Å²) in [6.45, 7) is 4.80. The third-order valence-corrected chi connectivity index (χ3v) is 4.73. The van der Waals surface area contributed by atoms with Crippen LogP contribution in [0, 0.1) is 11.7 Å². The van der Waals surface area contributed by atoms with Gasteiger partial charge < -0.3 is 4.42 Å². The van der Waals surface area contributed by atoms with Crippen molar-refractivity contribution in [2.45, 2.75) is 25.5 Å². The Morgan fingerprint density at radius 3 is 2.59 bits per heavy atom. The minimum absolute atomic E-state index is 0.0259. The number of nitrogens with zero attached hydrogens (tertiary/aromatic N) is 3. The molecule has 0 saturated carbocycles. The number of halogens is 1. The van der Waals surface area contributed by atoms with Crippen molar-refractivity contribution in [3.05, 3.63) is 54.0 Å². The zero-order valence-corrected chi connectivity index (χ0v) is 16.7. The Morgan fingerprint density at radius 2 is 1.93 bits per heavy atom. The number of aromatic nitrogens is 3. The molecule has 0 bridgehead atoms. The van der Waals surface area contributed by atoms with Gasteiger partial charge in [0, 0.05) is 12.1 Å². The van der Waals surface area contributed by atoms with Crippen LogP contribution in [0.25, 0.3) is 11.6 Å². The highest BCUT2D eigenvalue weighted by molar-refractivity contribution is 7.99. The topological polar surface area (TPSA) is 102 Å². The molecular weight excluding hydrogens is 397 g/mol. The fourth-order valence-electron chi connectivity index (χ4n) is 2.48. The van der Waals surface area contributed by atoms with Gasteiger partial charge >= 0.3 is 0 Å². The largest absolute Gasteiger partial charge is 0.461 e. The Bertz CT molecular complexity index is 970. The summed E-state index contributed by atoms with van der Waals surface area (Å²) in [4.78, 5) is 24.0.